The quantitative estimate of drug-likeness (QED) is 0.763. The second kappa shape index (κ2) is 4.83. The van der Waals surface area contributed by atoms with Crippen molar-refractivity contribution in [3.8, 4) is 0 Å². The highest BCUT2D eigenvalue weighted by atomic mass is 19.1. The van der Waals surface area contributed by atoms with E-state index < -0.39 is 23.3 Å². The summed E-state index contributed by atoms with van der Waals surface area (Å²) in [5, 5.41) is 4.75. The summed E-state index contributed by atoms with van der Waals surface area (Å²) < 4.78 is 13.6. The molecule has 2 aliphatic heterocycles. The number of rotatable bonds is 2. The molecule has 2 aliphatic rings. The van der Waals surface area contributed by atoms with Gasteiger partial charge in [0.2, 0.25) is 5.91 Å². The number of likely N-dealkylation sites (tertiary alicyclic amines) is 1. The van der Waals surface area contributed by atoms with Crippen LogP contribution >= 0.6 is 0 Å². The molecule has 110 valence electrons. The lowest BCUT2D eigenvalue weighted by molar-refractivity contribution is -0.130. The Hall–Kier alpha value is -2.44. The number of nitrogens with zero attached hydrogens (tertiary/aromatic N) is 1. The molecule has 1 spiro atoms. The number of hydrogen-bond donors (Lipinski definition) is 2. The summed E-state index contributed by atoms with van der Waals surface area (Å²) in [6, 6.07) is 5.55. The number of hydrogen-bond acceptors (Lipinski definition) is 3. The van der Waals surface area contributed by atoms with E-state index in [1.54, 1.807) is 18.2 Å². The first-order valence-electron chi connectivity index (χ1n) is 6.65. The highest BCUT2D eigenvalue weighted by Crippen LogP contribution is 2.25. The van der Waals surface area contributed by atoms with Crippen LogP contribution in [-0.4, -0.2) is 41.4 Å². The monoisotopic (exact) mass is 291 g/mol. The molecule has 3 rings (SSSR count). The van der Waals surface area contributed by atoms with E-state index >= 15 is 0 Å². The van der Waals surface area contributed by atoms with Gasteiger partial charge in [0.25, 0.3) is 5.91 Å². The second-order valence-corrected chi connectivity index (χ2v) is 5.32. The van der Waals surface area contributed by atoms with Gasteiger partial charge in [0.15, 0.2) is 0 Å². The Kier molecular flexibility index (Phi) is 3.12. The number of nitrogens with one attached hydrogen (secondary N) is 2. The topological polar surface area (TPSA) is 78.5 Å². The van der Waals surface area contributed by atoms with Crippen LogP contribution in [0.1, 0.15) is 12.0 Å². The van der Waals surface area contributed by atoms with Crippen molar-refractivity contribution in [1.82, 2.24) is 15.5 Å². The van der Waals surface area contributed by atoms with Crippen LogP contribution in [0.5, 0.6) is 0 Å². The Morgan fingerprint density at radius 2 is 2.10 bits per heavy atom. The summed E-state index contributed by atoms with van der Waals surface area (Å²) in [5.74, 6) is -1.09. The molecule has 1 atom stereocenters. The van der Waals surface area contributed by atoms with E-state index in [2.05, 4.69) is 10.6 Å². The molecule has 0 aliphatic carbocycles. The summed E-state index contributed by atoms with van der Waals surface area (Å²) in [4.78, 5) is 36.7. The second-order valence-electron chi connectivity index (χ2n) is 5.32. The molecule has 4 amide bonds. The minimum absolute atomic E-state index is 0.0572. The van der Waals surface area contributed by atoms with Crippen molar-refractivity contribution in [1.29, 1.82) is 0 Å². The van der Waals surface area contributed by atoms with Gasteiger partial charge in [-0.15, -0.1) is 0 Å². The number of halogens is 1. The first-order valence-corrected chi connectivity index (χ1v) is 6.65. The average molecular weight is 291 g/mol. The largest absolute Gasteiger partial charge is 0.339 e. The van der Waals surface area contributed by atoms with Crippen LogP contribution in [0.3, 0.4) is 0 Å². The van der Waals surface area contributed by atoms with Gasteiger partial charge in [-0.2, -0.15) is 0 Å². The smallest absolute Gasteiger partial charge is 0.322 e. The summed E-state index contributed by atoms with van der Waals surface area (Å²) in [5.41, 5.74) is -0.703. The predicted octanol–water partition coefficient (Wildman–Crippen LogP) is 0.179. The number of carbonyl (C=O) groups is 3. The standard InChI is InChI=1S/C14H14FN3O3/c15-10-4-2-1-3-9(10)7-11(19)18-6-5-14(8-18)12(20)16-13(21)17-14/h1-4H,5-8H2,(H2,16,17,20,21). The molecule has 2 saturated heterocycles. The van der Waals surface area contributed by atoms with Gasteiger partial charge in [-0.3, -0.25) is 14.9 Å². The molecule has 0 radical (unpaired) electrons. The maximum absolute atomic E-state index is 13.6. The number of amides is 4. The third-order valence-electron chi connectivity index (χ3n) is 3.94. The van der Waals surface area contributed by atoms with E-state index in [0.29, 0.717) is 18.5 Å². The molecule has 1 aromatic rings. The van der Waals surface area contributed by atoms with E-state index in [9.17, 15) is 18.8 Å². The molecular formula is C14H14FN3O3. The van der Waals surface area contributed by atoms with Gasteiger partial charge in [-0.25, -0.2) is 9.18 Å². The third kappa shape index (κ3) is 2.35. The zero-order valence-electron chi connectivity index (χ0n) is 11.2. The fourth-order valence-electron chi connectivity index (χ4n) is 2.75. The first-order chi connectivity index (χ1) is 10.00. The van der Waals surface area contributed by atoms with Crippen molar-refractivity contribution in [2.75, 3.05) is 13.1 Å². The van der Waals surface area contributed by atoms with Gasteiger partial charge in [-0.1, -0.05) is 18.2 Å². The molecule has 0 bridgehead atoms. The highest BCUT2D eigenvalue weighted by molar-refractivity contribution is 6.07. The summed E-state index contributed by atoms with van der Waals surface area (Å²) in [6.45, 7) is 0.485. The minimum atomic E-state index is -1.03. The molecular weight excluding hydrogens is 277 g/mol. The van der Waals surface area contributed by atoms with Crippen molar-refractivity contribution in [3.05, 3.63) is 35.6 Å². The lowest BCUT2D eigenvalue weighted by atomic mass is 9.99. The molecule has 7 heteroatoms. The SMILES string of the molecule is O=C1NC(=O)C2(CCN(C(=O)Cc3ccccc3F)C2)N1. The van der Waals surface area contributed by atoms with Crippen LogP contribution in [0.15, 0.2) is 24.3 Å². The first kappa shape index (κ1) is 13.5. The van der Waals surface area contributed by atoms with Gasteiger partial charge in [0, 0.05) is 6.54 Å². The minimum Gasteiger partial charge on any atom is -0.339 e. The Labute approximate surface area is 120 Å². The summed E-state index contributed by atoms with van der Waals surface area (Å²) in [7, 11) is 0. The normalized spacial score (nSPS) is 24.3. The van der Waals surface area contributed by atoms with Crippen LogP contribution in [-0.2, 0) is 16.0 Å². The number of urea groups is 1. The number of imide groups is 1. The zero-order chi connectivity index (χ0) is 15.0. The number of carbonyl (C=O) groups excluding carboxylic acids is 3. The lowest BCUT2D eigenvalue weighted by Crippen LogP contribution is -2.49. The van der Waals surface area contributed by atoms with Crippen molar-refractivity contribution in [2.45, 2.75) is 18.4 Å². The average Bonchev–Trinajstić information content (AvgIpc) is 2.97. The van der Waals surface area contributed by atoms with Crippen molar-refractivity contribution < 1.29 is 18.8 Å². The summed E-state index contributed by atoms with van der Waals surface area (Å²) >= 11 is 0. The molecule has 21 heavy (non-hydrogen) atoms. The van der Waals surface area contributed by atoms with Gasteiger partial charge in [0.1, 0.15) is 11.4 Å². The maximum Gasteiger partial charge on any atom is 0.322 e. The van der Waals surface area contributed by atoms with Gasteiger partial charge in [0.05, 0.1) is 13.0 Å². The third-order valence-corrected chi connectivity index (χ3v) is 3.94. The van der Waals surface area contributed by atoms with Crippen molar-refractivity contribution >= 4 is 17.8 Å². The number of benzene rings is 1. The fraction of sp³-hybridized carbons (Fsp3) is 0.357. The van der Waals surface area contributed by atoms with Crippen molar-refractivity contribution in [2.24, 2.45) is 0 Å². The van der Waals surface area contributed by atoms with Crippen LogP contribution in [0.25, 0.3) is 0 Å². The lowest BCUT2D eigenvalue weighted by Gasteiger charge is -2.21. The van der Waals surface area contributed by atoms with Gasteiger partial charge >= 0.3 is 6.03 Å². The van der Waals surface area contributed by atoms with E-state index in [1.807, 2.05) is 0 Å². The molecule has 6 nitrogen and oxygen atoms in total. The van der Waals surface area contributed by atoms with Gasteiger partial charge < -0.3 is 10.2 Å². The van der Waals surface area contributed by atoms with Crippen LogP contribution in [0, 0.1) is 5.82 Å². The molecule has 2 heterocycles. The van der Waals surface area contributed by atoms with Crippen molar-refractivity contribution in [3.63, 3.8) is 0 Å². The zero-order valence-corrected chi connectivity index (χ0v) is 11.2. The van der Waals surface area contributed by atoms with Crippen LogP contribution < -0.4 is 10.6 Å². The molecule has 1 aromatic carbocycles. The Morgan fingerprint density at radius 3 is 2.76 bits per heavy atom. The summed E-state index contributed by atoms with van der Waals surface area (Å²) in [6.07, 6.45) is 0.311. The fourth-order valence-corrected chi connectivity index (χ4v) is 2.75. The Balaban J connectivity index is 1.69. The van der Waals surface area contributed by atoms with E-state index in [0.717, 1.165) is 0 Å². The maximum atomic E-state index is 13.6. The van der Waals surface area contributed by atoms with Gasteiger partial charge in [-0.05, 0) is 18.1 Å². The van der Waals surface area contributed by atoms with E-state index in [4.69, 9.17) is 0 Å². The predicted molar refractivity (Wildman–Crippen MR) is 70.7 cm³/mol. The Morgan fingerprint density at radius 1 is 1.33 bits per heavy atom. The molecule has 0 saturated carbocycles. The Bertz CT molecular complexity index is 634. The van der Waals surface area contributed by atoms with E-state index in [-0.39, 0.29) is 18.9 Å². The molecule has 1 unspecified atom stereocenters. The highest BCUT2D eigenvalue weighted by Gasteiger charge is 2.51. The van der Waals surface area contributed by atoms with E-state index in [1.165, 1.54) is 11.0 Å². The molecule has 2 fully saturated rings. The van der Waals surface area contributed by atoms with Crippen LogP contribution in [0.2, 0.25) is 0 Å². The van der Waals surface area contributed by atoms with Crippen LogP contribution in [0.4, 0.5) is 9.18 Å². The molecule has 2 N–H and O–H groups in total. The molecule has 0 aromatic heterocycles.